The van der Waals surface area contributed by atoms with Gasteiger partial charge >= 0.3 is 0 Å². The highest BCUT2D eigenvalue weighted by Crippen LogP contribution is 2.06. The minimum Gasteiger partial charge on any atom is -0.508 e. The first kappa shape index (κ1) is 11.1. The number of benzene rings is 2. The zero-order valence-electron chi connectivity index (χ0n) is 9.19. The maximum Gasteiger partial charge on any atom is 0.116 e. The van der Waals surface area contributed by atoms with Crippen molar-refractivity contribution in [2.45, 2.75) is 0 Å². The minimum absolute atomic E-state index is 0.322. The van der Waals surface area contributed by atoms with Gasteiger partial charge in [-0.15, -0.1) is 0 Å². The first-order chi connectivity index (χ1) is 8.36. The fraction of sp³-hybridized carbons (Fsp3) is 0. The van der Waals surface area contributed by atoms with Crippen LogP contribution >= 0.6 is 0 Å². The number of para-hydroxylation sites is 2. The summed E-state index contributed by atoms with van der Waals surface area (Å²) in [5.74, 6) is 0.322. The molecule has 0 aliphatic carbocycles. The van der Waals surface area contributed by atoms with Gasteiger partial charge in [-0.25, -0.2) is 9.97 Å². The molecule has 84 valence electrons. The van der Waals surface area contributed by atoms with Gasteiger partial charge < -0.3 is 5.11 Å². The Kier molecular flexibility index (Phi) is 3.65. The van der Waals surface area contributed by atoms with Crippen LogP contribution in [0.3, 0.4) is 0 Å². The zero-order chi connectivity index (χ0) is 11.9. The smallest absolute Gasteiger partial charge is 0.116 e. The van der Waals surface area contributed by atoms with E-state index < -0.39 is 0 Å². The lowest BCUT2D eigenvalue weighted by molar-refractivity contribution is 0.475. The van der Waals surface area contributed by atoms with Crippen LogP contribution in [0.5, 0.6) is 5.75 Å². The van der Waals surface area contributed by atoms with Crippen molar-refractivity contribution in [3.63, 3.8) is 0 Å². The molecule has 3 nitrogen and oxygen atoms in total. The average Bonchev–Trinajstić information content (AvgIpc) is 2.41. The summed E-state index contributed by atoms with van der Waals surface area (Å²) in [5, 5.41) is 9.72. The monoisotopic (exact) mass is 224 g/mol. The SMILES string of the molecule is Oc1ccccc1.c1ccc2ncncc2c1. The molecule has 3 aromatic rings. The van der Waals surface area contributed by atoms with Crippen LogP contribution in [0.4, 0.5) is 0 Å². The van der Waals surface area contributed by atoms with E-state index in [1.165, 1.54) is 0 Å². The third kappa shape index (κ3) is 3.28. The molecule has 2 aromatic carbocycles. The fourth-order valence-corrected chi connectivity index (χ4v) is 1.35. The predicted molar refractivity (Wildman–Crippen MR) is 67.6 cm³/mol. The number of phenolic OH excluding ortho intramolecular Hbond substituents is 1. The summed E-state index contributed by atoms with van der Waals surface area (Å²) in [5.41, 5.74) is 0.998. The van der Waals surface area contributed by atoms with Gasteiger partial charge in [0.2, 0.25) is 0 Å². The van der Waals surface area contributed by atoms with E-state index in [2.05, 4.69) is 9.97 Å². The molecule has 0 aliphatic heterocycles. The molecule has 3 heteroatoms. The maximum absolute atomic E-state index is 8.63. The average molecular weight is 224 g/mol. The van der Waals surface area contributed by atoms with E-state index in [-0.39, 0.29) is 0 Å². The van der Waals surface area contributed by atoms with Crippen molar-refractivity contribution in [1.29, 1.82) is 0 Å². The van der Waals surface area contributed by atoms with Crippen molar-refractivity contribution in [3.8, 4) is 5.75 Å². The third-order valence-electron chi connectivity index (χ3n) is 2.17. The molecule has 0 unspecified atom stereocenters. The van der Waals surface area contributed by atoms with Crippen LogP contribution in [0.15, 0.2) is 67.1 Å². The van der Waals surface area contributed by atoms with Crippen LogP contribution in [0.25, 0.3) is 10.9 Å². The molecule has 0 aliphatic rings. The van der Waals surface area contributed by atoms with Crippen LogP contribution in [0, 0.1) is 0 Å². The molecular formula is C14H12N2O. The summed E-state index contributed by atoms with van der Waals surface area (Å²) in [6, 6.07) is 16.6. The molecule has 0 fully saturated rings. The van der Waals surface area contributed by atoms with E-state index in [0.717, 1.165) is 10.9 Å². The van der Waals surface area contributed by atoms with E-state index in [0.29, 0.717) is 5.75 Å². The quantitative estimate of drug-likeness (QED) is 0.638. The first-order valence-electron chi connectivity index (χ1n) is 5.25. The van der Waals surface area contributed by atoms with Gasteiger partial charge in [0.05, 0.1) is 5.52 Å². The van der Waals surface area contributed by atoms with Crippen LogP contribution in [-0.4, -0.2) is 15.1 Å². The Morgan fingerprint density at radius 3 is 2.18 bits per heavy atom. The molecule has 0 amide bonds. The summed E-state index contributed by atoms with van der Waals surface area (Å²) in [4.78, 5) is 7.97. The van der Waals surface area contributed by atoms with Crippen LogP contribution in [0.1, 0.15) is 0 Å². The Balaban J connectivity index is 0.000000136. The predicted octanol–water partition coefficient (Wildman–Crippen LogP) is 3.02. The lowest BCUT2D eigenvalue weighted by atomic mass is 10.2. The van der Waals surface area contributed by atoms with Gasteiger partial charge in [0.15, 0.2) is 0 Å². The summed E-state index contributed by atoms with van der Waals surface area (Å²) >= 11 is 0. The Morgan fingerprint density at radius 1 is 0.824 bits per heavy atom. The van der Waals surface area contributed by atoms with Crippen LogP contribution in [0.2, 0.25) is 0 Å². The largest absolute Gasteiger partial charge is 0.508 e. The molecule has 0 saturated heterocycles. The van der Waals surface area contributed by atoms with Crippen molar-refractivity contribution in [1.82, 2.24) is 9.97 Å². The molecule has 0 spiro atoms. The molecule has 17 heavy (non-hydrogen) atoms. The van der Waals surface area contributed by atoms with Crippen molar-refractivity contribution in [2.75, 3.05) is 0 Å². The normalized spacial score (nSPS) is 9.41. The molecule has 1 heterocycles. The van der Waals surface area contributed by atoms with Crippen molar-refractivity contribution < 1.29 is 5.11 Å². The van der Waals surface area contributed by atoms with Gasteiger partial charge in [0.1, 0.15) is 12.1 Å². The topological polar surface area (TPSA) is 46.0 Å². The van der Waals surface area contributed by atoms with E-state index >= 15 is 0 Å². The van der Waals surface area contributed by atoms with Gasteiger partial charge in [0.25, 0.3) is 0 Å². The van der Waals surface area contributed by atoms with Crippen LogP contribution in [-0.2, 0) is 0 Å². The summed E-state index contributed by atoms with van der Waals surface area (Å²) in [7, 11) is 0. The van der Waals surface area contributed by atoms with Crippen molar-refractivity contribution in [2.24, 2.45) is 0 Å². The maximum atomic E-state index is 8.63. The number of hydrogen-bond donors (Lipinski definition) is 1. The molecular weight excluding hydrogens is 212 g/mol. The number of fused-ring (bicyclic) bond motifs is 1. The minimum atomic E-state index is 0.322. The second-order valence-electron chi connectivity index (χ2n) is 3.42. The highest BCUT2D eigenvalue weighted by atomic mass is 16.3. The van der Waals surface area contributed by atoms with Gasteiger partial charge in [-0.1, -0.05) is 36.4 Å². The lowest BCUT2D eigenvalue weighted by Crippen LogP contribution is -1.77. The van der Waals surface area contributed by atoms with Gasteiger partial charge in [-0.2, -0.15) is 0 Å². The molecule has 0 saturated carbocycles. The van der Waals surface area contributed by atoms with Gasteiger partial charge in [0, 0.05) is 11.6 Å². The van der Waals surface area contributed by atoms with E-state index in [4.69, 9.17) is 5.11 Å². The Bertz CT molecular complexity index is 516. The fourth-order valence-electron chi connectivity index (χ4n) is 1.35. The second-order valence-corrected chi connectivity index (χ2v) is 3.42. The number of nitrogens with zero attached hydrogens (tertiary/aromatic N) is 2. The third-order valence-corrected chi connectivity index (χ3v) is 2.17. The van der Waals surface area contributed by atoms with Crippen molar-refractivity contribution in [3.05, 3.63) is 67.1 Å². The second kappa shape index (κ2) is 5.61. The number of phenols is 1. The summed E-state index contributed by atoms with van der Waals surface area (Å²) < 4.78 is 0. The number of aromatic hydroxyl groups is 1. The molecule has 0 atom stereocenters. The number of aromatic nitrogens is 2. The van der Waals surface area contributed by atoms with E-state index in [9.17, 15) is 0 Å². The molecule has 1 aromatic heterocycles. The lowest BCUT2D eigenvalue weighted by Gasteiger charge is -1.90. The van der Waals surface area contributed by atoms with Crippen LogP contribution < -0.4 is 0 Å². The van der Waals surface area contributed by atoms with E-state index in [1.54, 1.807) is 30.6 Å². The molecule has 3 rings (SSSR count). The highest BCUT2D eigenvalue weighted by molar-refractivity contribution is 5.76. The van der Waals surface area contributed by atoms with Crippen molar-refractivity contribution >= 4 is 10.9 Å². The summed E-state index contributed by atoms with van der Waals surface area (Å²) in [6.45, 7) is 0. The highest BCUT2D eigenvalue weighted by Gasteiger charge is 1.87. The van der Waals surface area contributed by atoms with Gasteiger partial charge in [-0.3, -0.25) is 0 Å². The molecule has 0 bridgehead atoms. The molecule has 1 N–H and O–H groups in total. The van der Waals surface area contributed by atoms with E-state index in [1.807, 2.05) is 36.5 Å². The Labute approximate surface area is 99.4 Å². The van der Waals surface area contributed by atoms with Gasteiger partial charge in [-0.05, 0) is 18.2 Å². The zero-order valence-corrected chi connectivity index (χ0v) is 9.19. The standard InChI is InChI=1S/C8H6N2.C6H6O/c1-2-4-8-7(3-1)5-9-6-10-8;7-6-4-2-1-3-5-6/h1-6H;1-5,7H. The first-order valence-corrected chi connectivity index (χ1v) is 5.25. The number of rotatable bonds is 0. The Hall–Kier alpha value is -2.42. The summed E-state index contributed by atoms with van der Waals surface area (Å²) in [6.07, 6.45) is 3.37. The molecule has 0 radical (unpaired) electrons. The number of hydrogen-bond acceptors (Lipinski definition) is 3. The Morgan fingerprint density at radius 2 is 1.53 bits per heavy atom.